The van der Waals surface area contributed by atoms with E-state index in [9.17, 15) is 4.39 Å². The fraction of sp³-hybridized carbons (Fsp3) is 0.318. The molecule has 0 unspecified atom stereocenters. The van der Waals surface area contributed by atoms with Crippen LogP contribution >= 0.6 is 0 Å². The maximum Gasteiger partial charge on any atom is 0.212 e. The number of piperidine rings is 1. The summed E-state index contributed by atoms with van der Waals surface area (Å²) in [7, 11) is 5.80. The zero-order valence-corrected chi connectivity index (χ0v) is 18.2. The Kier molecular flexibility index (Phi) is 7.83. The van der Waals surface area contributed by atoms with Gasteiger partial charge in [-0.1, -0.05) is 13.8 Å². The summed E-state index contributed by atoms with van der Waals surface area (Å²) in [5.41, 5.74) is 9.43. The van der Waals surface area contributed by atoms with Gasteiger partial charge in [0, 0.05) is 41.5 Å². The maximum atomic E-state index is 13.3. The van der Waals surface area contributed by atoms with Gasteiger partial charge in [0.05, 0.1) is 29.8 Å². The molecule has 0 aliphatic carbocycles. The number of rotatable bonds is 5. The minimum atomic E-state index is -0.579. The first kappa shape index (κ1) is 23.3. The average molecular weight is 432 g/mol. The van der Waals surface area contributed by atoms with Crippen LogP contribution in [0, 0.1) is 11.4 Å². The Hall–Kier alpha value is -3.40. The second-order valence-electron chi connectivity index (χ2n) is 7.05. The van der Waals surface area contributed by atoms with Gasteiger partial charge in [0.15, 0.2) is 7.98 Å². The summed E-state index contributed by atoms with van der Waals surface area (Å²) in [6, 6.07) is 3.04. The third-order valence-corrected chi connectivity index (χ3v) is 5.08. The monoisotopic (exact) mass is 432 g/mol. The maximum absolute atomic E-state index is 13.3. The van der Waals surface area contributed by atoms with Crippen LogP contribution in [-0.2, 0) is 0 Å². The molecule has 3 N–H and O–H groups in total. The third kappa shape index (κ3) is 5.08. The first-order valence-corrected chi connectivity index (χ1v) is 10.5. The molecule has 164 valence electrons. The summed E-state index contributed by atoms with van der Waals surface area (Å²) in [4.78, 5) is 14.9. The van der Waals surface area contributed by atoms with Crippen molar-refractivity contribution in [3.63, 3.8) is 0 Å². The highest BCUT2D eigenvalue weighted by Crippen LogP contribution is 2.26. The third-order valence-electron chi connectivity index (χ3n) is 5.08. The van der Waals surface area contributed by atoms with E-state index >= 15 is 0 Å². The number of aliphatic imine (C=N–C) groups is 1. The Morgan fingerprint density at radius 3 is 2.66 bits per heavy atom. The SMILES string of the molecule is CC.[B]N1CCC(N=C/C(=C\N)c2cn3ncc(C=N)c3c(-c3ccc(F)nc3)n2)CC1. The molecular weight excluding hydrogens is 406 g/mol. The Balaban J connectivity index is 0.00000141. The molecule has 0 atom stereocenters. The van der Waals surface area contributed by atoms with Crippen LogP contribution in [0.15, 0.2) is 41.9 Å². The van der Waals surface area contributed by atoms with E-state index in [0.29, 0.717) is 33.6 Å². The van der Waals surface area contributed by atoms with Crippen molar-refractivity contribution in [2.45, 2.75) is 32.7 Å². The van der Waals surface area contributed by atoms with Crippen LogP contribution in [0.1, 0.15) is 37.9 Å². The van der Waals surface area contributed by atoms with Crippen molar-refractivity contribution in [1.29, 1.82) is 5.41 Å². The number of nitrogens with two attached hydrogens (primary N) is 1. The van der Waals surface area contributed by atoms with Crippen molar-refractivity contribution in [2.75, 3.05) is 13.1 Å². The highest BCUT2D eigenvalue weighted by atomic mass is 19.1. The van der Waals surface area contributed by atoms with Crippen molar-refractivity contribution >= 4 is 31.5 Å². The van der Waals surface area contributed by atoms with Crippen LogP contribution in [0.4, 0.5) is 4.39 Å². The number of nitrogens with zero attached hydrogens (tertiary/aromatic N) is 6. The average Bonchev–Trinajstić information content (AvgIpc) is 3.25. The highest BCUT2D eigenvalue weighted by molar-refractivity contribution is 6.09. The molecule has 1 fully saturated rings. The standard InChI is InChI=1S/C20H20BFN8.C2H6/c21-29-5-3-16(4-6-29)25-10-14(7-23)17-12-30-20(15(8-24)11-27-30)19(28-17)13-1-2-18(22)26-9-13;1-2/h1-2,7-12,16,24H,3-6,23H2;1-2H3/b14-7+,24-8?,25-10?;. The van der Waals surface area contributed by atoms with E-state index in [4.69, 9.17) is 24.1 Å². The van der Waals surface area contributed by atoms with Gasteiger partial charge in [-0.15, -0.1) is 0 Å². The van der Waals surface area contributed by atoms with E-state index in [1.54, 1.807) is 34.0 Å². The molecule has 0 amide bonds. The van der Waals surface area contributed by atoms with Gasteiger partial charge >= 0.3 is 0 Å². The number of aromatic nitrogens is 4. The number of hydrogen-bond donors (Lipinski definition) is 2. The van der Waals surface area contributed by atoms with Crippen LogP contribution in [0.25, 0.3) is 22.3 Å². The fourth-order valence-electron chi connectivity index (χ4n) is 3.41. The van der Waals surface area contributed by atoms with E-state index in [1.807, 2.05) is 13.8 Å². The Labute approximate surface area is 188 Å². The summed E-state index contributed by atoms with van der Waals surface area (Å²) < 4.78 is 15.0. The molecule has 32 heavy (non-hydrogen) atoms. The summed E-state index contributed by atoms with van der Waals surface area (Å²) in [5, 5.41) is 12.0. The Morgan fingerprint density at radius 1 is 1.28 bits per heavy atom. The predicted octanol–water partition coefficient (Wildman–Crippen LogP) is 2.87. The quantitative estimate of drug-likeness (QED) is 0.366. The number of allylic oxidation sites excluding steroid dienone is 1. The molecular formula is C22H26BFN8. The lowest BCUT2D eigenvalue weighted by Crippen LogP contribution is -2.33. The lowest BCUT2D eigenvalue weighted by Gasteiger charge is -2.27. The van der Waals surface area contributed by atoms with Crippen LogP contribution in [-0.4, -0.2) is 63.9 Å². The van der Waals surface area contributed by atoms with Crippen LogP contribution < -0.4 is 5.73 Å². The van der Waals surface area contributed by atoms with E-state index in [0.717, 1.165) is 25.9 Å². The van der Waals surface area contributed by atoms with E-state index in [2.05, 4.69) is 15.1 Å². The minimum absolute atomic E-state index is 0.179. The lowest BCUT2D eigenvalue weighted by atomic mass is 10.0. The summed E-state index contributed by atoms with van der Waals surface area (Å²) in [6.07, 6.45) is 10.8. The summed E-state index contributed by atoms with van der Waals surface area (Å²) in [6.45, 7) is 5.60. The minimum Gasteiger partial charge on any atom is -0.404 e. The molecule has 10 heteroatoms. The van der Waals surface area contributed by atoms with E-state index in [-0.39, 0.29) is 6.04 Å². The molecule has 3 aromatic heterocycles. The topological polar surface area (TPSA) is 109 Å². The predicted molar refractivity (Wildman–Crippen MR) is 126 cm³/mol. The Morgan fingerprint density at radius 2 is 2.03 bits per heavy atom. The number of hydrogen-bond acceptors (Lipinski definition) is 7. The van der Waals surface area contributed by atoms with Crippen molar-refractivity contribution in [3.8, 4) is 11.3 Å². The van der Waals surface area contributed by atoms with E-state index < -0.39 is 5.95 Å². The first-order valence-electron chi connectivity index (χ1n) is 10.5. The fourth-order valence-corrected chi connectivity index (χ4v) is 3.41. The van der Waals surface area contributed by atoms with Gasteiger partial charge in [-0.05, 0) is 38.1 Å². The summed E-state index contributed by atoms with van der Waals surface area (Å²) in [5.74, 6) is -0.579. The number of pyridine rings is 1. The van der Waals surface area contributed by atoms with Gasteiger partial charge in [-0.2, -0.15) is 9.49 Å². The lowest BCUT2D eigenvalue weighted by molar-refractivity contribution is 0.337. The van der Waals surface area contributed by atoms with Gasteiger partial charge < -0.3 is 16.0 Å². The van der Waals surface area contributed by atoms with Crippen LogP contribution in [0.3, 0.4) is 0 Å². The largest absolute Gasteiger partial charge is 0.404 e. The molecule has 1 saturated heterocycles. The molecule has 1 aliphatic heterocycles. The van der Waals surface area contributed by atoms with Crippen molar-refractivity contribution in [3.05, 3.63) is 54.1 Å². The van der Waals surface area contributed by atoms with Gasteiger partial charge in [-0.25, -0.2) is 14.5 Å². The molecule has 0 aromatic carbocycles. The molecule has 3 aromatic rings. The van der Waals surface area contributed by atoms with Gasteiger partial charge in [-0.3, -0.25) is 4.99 Å². The smallest absolute Gasteiger partial charge is 0.212 e. The molecule has 0 saturated carbocycles. The first-order chi connectivity index (χ1) is 15.6. The molecule has 1 aliphatic rings. The van der Waals surface area contributed by atoms with Gasteiger partial charge in [0.1, 0.15) is 5.52 Å². The second-order valence-corrected chi connectivity index (χ2v) is 7.05. The normalized spacial score (nSPS) is 15.7. The second kappa shape index (κ2) is 10.8. The highest BCUT2D eigenvalue weighted by Gasteiger charge is 2.17. The molecule has 4 rings (SSSR count). The molecule has 0 spiro atoms. The van der Waals surface area contributed by atoms with Gasteiger partial charge in [0.25, 0.3) is 0 Å². The zero-order chi connectivity index (χ0) is 23.1. The molecule has 0 bridgehead atoms. The Bertz CT molecular complexity index is 1110. The molecule has 4 heterocycles. The van der Waals surface area contributed by atoms with Crippen LogP contribution in [0.5, 0.6) is 0 Å². The zero-order valence-electron chi connectivity index (χ0n) is 18.2. The van der Waals surface area contributed by atoms with Crippen molar-refractivity contribution in [2.24, 2.45) is 10.7 Å². The van der Waals surface area contributed by atoms with Gasteiger partial charge in [0.2, 0.25) is 5.95 Å². The molecule has 2 radical (unpaired) electrons. The van der Waals surface area contributed by atoms with Crippen molar-refractivity contribution < 1.29 is 4.39 Å². The van der Waals surface area contributed by atoms with E-state index in [1.165, 1.54) is 24.7 Å². The van der Waals surface area contributed by atoms with Crippen molar-refractivity contribution in [1.82, 2.24) is 24.4 Å². The number of nitrogens with one attached hydrogen (secondary N) is 1. The molecule has 8 nitrogen and oxygen atoms in total. The summed E-state index contributed by atoms with van der Waals surface area (Å²) >= 11 is 0. The van der Waals surface area contributed by atoms with Crippen LogP contribution in [0.2, 0.25) is 0 Å². The number of halogens is 1. The number of fused-ring (bicyclic) bond motifs is 1.